The maximum Gasteiger partial charge on any atom is 0.200 e. The Bertz CT molecular complexity index is 1010. The quantitative estimate of drug-likeness (QED) is 0.232. The predicted octanol–water partition coefficient (Wildman–Crippen LogP) is 6.48. The van der Waals surface area contributed by atoms with E-state index in [9.17, 15) is 4.79 Å². The smallest absolute Gasteiger partial charge is 0.200 e. The van der Waals surface area contributed by atoms with Gasteiger partial charge in [0.15, 0.2) is 23.1 Å². The monoisotopic (exact) mass is 548 g/mol. The minimum absolute atomic E-state index is 0.0698. The first-order valence-corrected chi connectivity index (χ1v) is 15.8. The third-order valence-corrected chi connectivity index (χ3v) is 15.5. The molecule has 4 atom stereocenters. The van der Waals surface area contributed by atoms with Crippen molar-refractivity contribution < 1.29 is 32.9 Å². The zero-order valence-electron chi connectivity index (χ0n) is 25.3. The highest BCUT2D eigenvalue weighted by Gasteiger charge is 2.70. The van der Waals surface area contributed by atoms with E-state index in [-0.39, 0.29) is 17.8 Å². The highest BCUT2D eigenvalue weighted by molar-refractivity contribution is 6.77. The minimum Gasteiger partial charge on any atom is -0.500 e. The van der Waals surface area contributed by atoms with Crippen LogP contribution in [0.25, 0.3) is 0 Å². The zero-order valence-corrected chi connectivity index (χ0v) is 26.3. The van der Waals surface area contributed by atoms with E-state index in [1.54, 1.807) is 41.6 Å². The van der Waals surface area contributed by atoms with E-state index in [1.807, 2.05) is 25.1 Å². The number of carbonyl (C=O) groups excluding carboxylic acids is 1. The zero-order chi connectivity index (χ0) is 28.6. The topological polar surface area (TPSA) is 72.5 Å². The normalized spacial score (nSPS) is 27.1. The summed E-state index contributed by atoms with van der Waals surface area (Å²) in [5.74, 6) is -0.150. The maximum atomic E-state index is 13.8. The van der Waals surface area contributed by atoms with Gasteiger partial charge in [-0.3, -0.25) is 4.79 Å². The second kappa shape index (κ2) is 11.3. The van der Waals surface area contributed by atoms with Crippen molar-refractivity contribution in [2.45, 2.75) is 89.3 Å². The molecule has 1 aromatic carbocycles. The number of allylic oxidation sites excluding steroid dienone is 1. The van der Waals surface area contributed by atoms with Crippen molar-refractivity contribution in [2.24, 2.45) is 11.3 Å². The molecule has 1 fully saturated rings. The first kappa shape index (κ1) is 30.7. The maximum absolute atomic E-state index is 13.8. The molecule has 8 heteroatoms. The number of carbonyl (C=O) groups is 1. The van der Waals surface area contributed by atoms with Gasteiger partial charge >= 0.3 is 0 Å². The van der Waals surface area contributed by atoms with Gasteiger partial charge in [0.2, 0.25) is 8.32 Å². The number of rotatable bonds is 11. The van der Waals surface area contributed by atoms with E-state index >= 15 is 0 Å². The number of ether oxygens (including phenoxy) is 5. The molecule has 2 aliphatic carbocycles. The third kappa shape index (κ3) is 4.41. The Morgan fingerprint density at radius 2 is 1.39 bits per heavy atom. The lowest BCUT2D eigenvalue weighted by molar-refractivity contribution is -0.318. The molecule has 3 rings (SSSR count). The average Bonchev–Trinajstić information content (AvgIpc) is 2.88. The molecule has 0 radical (unpaired) electrons. The molecule has 0 unspecified atom stereocenters. The number of hydrogen-bond acceptors (Lipinski definition) is 7. The minimum atomic E-state index is -2.34. The molecule has 0 spiro atoms. The lowest BCUT2D eigenvalue weighted by Crippen LogP contribution is -2.69. The van der Waals surface area contributed by atoms with Gasteiger partial charge in [0.05, 0.1) is 38.8 Å². The second-order valence-corrected chi connectivity index (χ2v) is 17.2. The van der Waals surface area contributed by atoms with Gasteiger partial charge in [0.25, 0.3) is 0 Å². The molecule has 2 aliphatic rings. The van der Waals surface area contributed by atoms with E-state index < -0.39 is 25.4 Å². The summed E-state index contributed by atoms with van der Waals surface area (Å²) in [6.07, 6.45) is 1.81. The average molecular weight is 549 g/mol. The van der Waals surface area contributed by atoms with Gasteiger partial charge < -0.3 is 28.1 Å². The fraction of sp³-hybridized carbons (Fsp3) is 0.700. The van der Waals surface area contributed by atoms with Crippen LogP contribution in [0.15, 0.2) is 30.0 Å². The fourth-order valence-electron chi connectivity index (χ4n) is 7.71. The Morgan fingerprint density at radius 1 is 0.842 bits per heavy atom. The van der Waals surface area contributed by atoms with Crippen LogP contribution in [0.2, 0.25) is 16.6 Å². The van der Waals surface area contributed by atoms with Crippen molar-refractivity contribution in [1.82, 2.24) is 0 Å². The first-order chi connectivity index (χ1) is 17.8. The molecule has 2 bridgehead atoms. The molecule has 0 aliphatic heterocycles. The molecule has 7 nitrogen and oxygen atoms in total. The summed E-state index contributed by atoms with van der Waals surface area (Å²) in [6.45, 7) is 15.6. The van der Waals surface area contributed by atoms with Crippen molar-refractivity contribution in [3.63, 3.8) is 0 Å². The van der Waals surface area contributed by atoms with Crippen LogP contribution in [0, 0.1) is 11.3 Å². The van der Waals surface area contributed by atoms with Crippen molar-refractivity contribution in [2.75, 3.05) is 35.5 Å². The van der Waals surface area contributed by atoms with Gasteiger partial charge in [-0.05, 0) is 47.7 Å². The summed E-state index contributed by atoms with van der Waals surface area (Å²) in [5.41, 5.74) is 1.17. The van der Waals surface area contributed by atoms with E-state index in [0.29, 0.717) is 40.3 Å². The summed E-state index contributed by atoms with van der Waals surface area (Å²) in [5, 5.41) is 0. The van der Waals surface area contributed by atoms with Crippen LogP contribution in [-0.2, 0) is 23.4 Å². The lowest BCUT2D eigenvalue weighted by atomic mass is 9.54. The first-order valence-electron chi connectivity index (χ1n) is 13.6. The number of fused-ring (bicyclic) bond motifs is 2. The summed E-state index contributed by atoms with van der Waals surface area (Å²) in [4.78, 5) is 13.8. The Kier molecular flexibility index (Phi) is 9.13. The molecule has 0 heterocycles. The number of ketones is 1. The Morgan fingerprint density at radius 3 is 1.84 bits per heavy atom. The molecular formula is C30H48O7Si. The molecular weight excluding hydrogens is 500 g/mol. The van der Waals surface area contributed by atoms with E-state index in [0.717, 1.165) is 5.56 Å². The number of hydrogen-bond donors (Lipinski definition) is 0. The van der Waals surface area contributed by atoms with Crippen molar-refractivity contribution in [3.8, 4) is 11.5 Å². The van der Waals surface area contributed by atoms with Crippen molar-refractivity contribution in [1.29, 1.82) is 0 Å². The van der Waals surface area contributed by atoms with Gasteiger partial charge in [0.1, 0.15) is 5.76 Å². The van der Waals surface area contributed by atoms with Crippen LogP contribution in [0.5, 0.6) is 11.5 Å². The number of benzene rings is 1. The number of methoxy groups -OCH3 is 5. The van der Waals surface area contributed by atoms with Crippen LogP contribution < -0.4 is 9.47 Å². The van der Waals surface area contributed by atoms with Gasteiger partial charge in [-0.1, -0.05) is 47.6 Å². The standard InChI is InChI=1S/C30H48O7Si/c1-18(2)38(19(3)4,20(5)6)37-25-17-29(7)26(31)16-24(34-10)28(30(29,35-11)36-12)27(25)21-13-14-22(32-8)23(15-21)33-9/h13-16,18-20,25,27-28H,17H2,1-12H3/t25-,27+,28-,29-/m0/s1. The van der Waals surface area contributed by atoms with Crippen molar-refractivity contribution in [3.05, 3.63) is 35.6 Å². The van der Waals surface area contributed by atoms with E-state index in [4.69, 9.17) is 28.1 Å². The molecule has 0 amide bonds. The molecule has 0 N–H and O–H groups in total. The largest absolute Gasteiger partial charge is 0.500 e. The molecule has 0 saturated heterocycles. The molecule has 0 aromatic heterocycles. The molecule has 1 saturated carbocycles. The van der Waals surface area contributed by atoms with Crippen LogP contribution in [0.4, 0.5) is 0 Å². The molecule has 214 valence electrons. The second-order valence-electron chi connectivity index (χ2n) is 11.8. The Labute approximate surface area is 230 Å². The van der Waals surface area contributed by atoms with E-state index in [1.165, 1.54) is 0 Å². The Hall–Kier alpha value is -1.87. The van der Waals surface area contributed by atoms with Crippen LogP contribution in [0.3, 0.4) is 0 Å². The van der Waals surface area contributed by atoms with Gasteiger partial charge in [0, 0.05) is 26.2 Å². The lowest BCUT2D eigenvalue weighted by Gasteiger charge is -2.61. The summed E-state index contributed by atoms with van der Waals surface area (Å²) in [6, 6.07) is 5.97. The predicted molar refractivity (Wildman–Crippen MR) is 151 cm³/mol. The molecule has 38 heavy (non-hydrogen) atoms. The third-order valence-electron chi connectivity index (χ3n) is 9.37. The molecule has 1 aromatic rings. The fourth-order valence-corrected chi connectivity index (χ4v) is 13.3. The summed E-state index contributed by atoms with van der Waals surface area (Å²) >= 11 is 0. The van der Waals surface area contributed by atoms with E-state index in [2.05, 4.69) is 41.5 Å². The van der Waals surface area contributed by atoms with Gasteiger partial charge in [-0.15, -0.1) is 0 Å². The Balaban J connectivity index is 2.36. The van der Waals surface area contributed by atoms with Gasteiger partial charge in [-0.25, -0.2) is 0 Å². The SMILES string of the molecule is COC1=CC(=O)[C@]2(C)C[C@H](O[Si](C(C)C)(C(C)C)C(C)C)[C@@H](c3ccc(OC)c(OC)c3)[C@H]1C2(OC)OC. The summed E-state index contributed by atoms with van der Waals surface area (Å²) < 4.78 is 37.1. The van der Waals surface area contributed by atoms with Crippen LogP contribution in [-0.4, -0.2) is 61.5 Å². The van der Waals surface area contributed by atoms with Crippen LogP contribution >= 0.6 is 0 Å². The highest BCUT2D eigenvalue weighted by atomic mass is 28.4. The highest BCUT2D eigenvalue weighted by Crippen LogP contribution is 2.62. The van der Waals surface area contributed by atoms with Crippen molar-refractivity contribution >= 4 is 14.1 Å². The van der Waals surface area contributed by atoms with Crippen LogP contribution in [0.1, 0.15) is 66.4 Å². The summed E-state index contributed by atoms with van der Waals surface area (Å²) in [7, 11) is 5.75. The van der Waals surface area contributed by atoms with Gasteiger partial charge in [-0.2, -0.15) is 0 Å².